The molecular weight excluding hydrogens is 178 g/mol. The van der Waals surface area contributed by atoms with Gasteiger partial charge in [0.1, 0.15) is 12.0 Å². The number of hydrogen-bond donors (Lipinski definition) is 1. The van der Waals surface area contributed by atoms with E-state index in [9.17, 15) is 4.79 Å². The number of rotatable bonds is 4. The molecule has 1 aromatic carbocycles. The molecule has 0 aliphatic heterocycles. The van der Waals surface area contributed by atoms with Gasteiger partial charge in [-0.05, 0) is 18.1 Å². The van der Waals surface area contributed by atoms with Gasteiger partial charge in [-0.3, -0.25) is 0 Å². The molecule has 0 amide bonds. The zero-order chi connectivity index (χ0) is 10.6. The average Bonchev–Trinajstić information content (AvgIpc) is 2.27. The molecule has 1 atom stereocenters. The third-order valence-corrected chi connectivity index (χ3v) is 2.21. The molecule has 0 aromatic heterocycles. The van der Waals surface area contributed by atoms with Crippen molar-refractivity contribution in [2.45, 2.75) is 19.4 Å². The van der Waals surface area contributed by atoms with Gasteiger partial charge in [-0.2, -0.15) is 0 Å². The molecule has 0 saturated carbocycles. The number of carbonyl (C=O) groups excluding carboxylic acids is 1. The highest BCUT2D eigenvalue weighted by molar-refractivity contribution is 5.63. The minimum absolute atomic E-state index is 0.601. The van der Waals surface area contributed by atoms with Crippen LogP contribution in [0.5, 0.6) is 5.75 Å². The summed E-state index contributed by atoms with van der Waals surface area (Å²) in [4.78, 5) is 10.6. The minimum Gasteiger partial charge on any atom is -0.496 e. The lowest BCUT2D eigenvalue weighted by Crippen LogP contribution is -2.13. The Balaban J connectivity index is 3.14. The van der Waals surface area contributed by atoms with E-state index in [0.29, 0.717) is 5.75 Å². The SMILES string of the molecule is CCc1ccc(OC)c(C(N)C=O)c1. The lowest BCUT2D eigenvalue weighted by molar-refractivity contribution is -0.109. The Morgan fingerprint density at radius 3 is 2.79 bits per heavy atom. The fraction of sp³-hybridized carbons (Fsp3) is 0.364. The summed E-state index contributed by atoms with van der Waals surface area (Å²) in [5, 5.41) is 0. The van der Waals surface area contributed by atoms with Crippen LogP contribution in [-0.4, -0.2) is 13.4 Å². The van der Waals surface area contributed by atoms with Crippen molar-refractivity contribution in [1.29, 1.82) is 0 Å². The molecule has 0 spiro atoms. The summed E-state index contributed by atoms with van der Waals surface area (Å²) in [6, 6.07) is 5.13. The first-order valence-corrected chi connectivity index (χ1v) is 4.60. The number of carbonyl (C=O) groups is 1. The van der Waals surface area contributed by atoms with E-state index in [1.54, 1.807) is 7.11 Å². The topological polar surface area (TPSA) is 52.3 Å². The van der Waals surface area contributed by atoms with Gasteiger partial charge < -0.3 is 15.3 Å². The van der Waals surface area contributed by atoms with Gasteiger partial charge in [0.2, 0.25) is 0 Å². The highest BCUT2D eigenvalue weighted by Gasteiger charge is 2.10. The third kappa shape index (κ3) is 2.12. The molecule has 3 heteroatoms. The first kappa shape index (κ1) is 10.7. The molecule has 76 valence electrons. The molecule has 14 heavy (non-hydrogen) atoms. The highest BCUT2D eigenvalue weighted by atomic mass is 16.5. The quantitative estimate of drug-likeness (QED) is 0.736. The van der Waals surface area contributed by atoms with E-state index in [4.69, 9.17) is 10.5 Å². The molecule has 0 aliphatic carbocycles. The molecule has 1 rings (SSSR count). The molecule has 0 radical (unpaired) electrons. The van der Waals surface area contributed by atoms with Crippen molar-refractivity contribution in [3.8, 4) is 5.75 Å². The summed E-state index contributed by atoms with van der Waals surface area (Å²) in [7, 11) is 1.57. The number of nitrogens with two attached hydrogens (primary N) is 1. The summed E-state index contributed by atoms with van der Waals surface area (Å²) in [6.45, 7) is 2.05. The van der Waals surface area contributed by atoms with Gasteiger partial charge in [-0.15, -0.1) is 0 Å². The van der Waals surface area contributed by atoms with Crippen LogP contribution in [0.15, 0.2) is 18.2 Å². The molecule has 0 bridgehead atoms. The molecule has 0 heterocycles. The predicted molar refractivity (Wildman–Crippen MR) is 55.4 cm³/mol. The van der Waals surface area contributed by atoms with Gasteiger partial charge in [-0.25, -0.2) is 0 Å². The summed E-state index contributed by atoms with van der Waals surface area (Å²) in [5.41, 5.74) is 7.55. The number of benzene rings is 1. The largest absolute Gasteiger partial charge is 0.496 e. The smallest absolute Gasteiger partial charge is 0.141 e. The maximum absolute atomic E-state index is 10.6. The maximum Gasteiger partial charge on any atom is 0.141 e. The average molecular weight is 193 g/mol. The van der Waals surface area contributed by atoms with Crippen LogP contribution in [0, 0.1) is 0 Å². The second kappa shape index (κ2) is 4.77. The van der Waals surface area contributed by atoms with Crippen LogP contribution in [0.4, 0.5) is 0 Å². The Kier molecular flexibility index (Phi) is 3.65. The molecule has 0 fully saturated rings. The Morgan fingerprint density at radius 2 is 2.29 bits per heavy atom. The number of ether oxygens (including phenoxy) is 1. The summed E-state index contributed by atoms with van der Waals surface area (Å²) < 4.78 is 5.13. The number of aryl methyl sites for hydroxylation is 1. The predicted octanol–water partition coefficient (Wildman–Crippen LogP) is 1.46. The minimum atomic E-state index is -0.601. The Bertz CT molecular complexity index is 323. The van der Waals surface area contributed by atoms with Gasteiger partial charge >= 0.3 is 0 Å². The van der Waals surface area contributed by atoms with Crippen LogP contribution in [0.2, 0.25) is 0 Å². The van der Waals surface area contributed by atoms with Crippen molar-refractivity contribution < 1.29 is 9.53 Å². The van der Waals surface area contributed by atoms with Crippen LogP contribution < -0.4 is 10.5 Å². The molecule has 1 unspecified atom stereocenters. The summed E-state index contributed by atoms with van der Waals surface area (Å²) in [6.07, 6.45) is 1.64. The standard InChI is InChI=1S/C11H15NO2/c1-3-8-4-5-11(14-2)9(6-8)10(12)7-13/h4-7,10H,3,12H2,1-2H3. The van der Waals surface area contributed by atoms with Gasteiger partial charge in [0.05, 0.1) is 13.2 Å². The van der Waals surface area contributed by atoms with Gasteiger partial charge in [0.15, 0.2) is 0 Å². The lowest BCUT2D eigenvalue weighted by Gasteiger charge is -2.11. The van der Waals surface area contributed by atoms with Crippen LogP contribution >= 0.6 is 0 Å². The zero-order valence-electron chi connectivity index (χ0n) is 8.49. The molecule has 3 nitrogen and oxygen atoms in total. The molecule has 1 aromatic rings. The van der Waals surface area contributed by atoms with E-state index in [0.717, 1.165) is 23.8 Å². The van der Waals surface area contributed by atoms with E-state index in [2.05, 4.69) is 6.92 Å². The Morgan fingerprint density at radius 1 is 1.57 bits per heavy atom. The Hall–Kier alpha value is -1.35. The summed E-state index contributed by atoms with van der Waals surface area (Å²) in [5.74, 6) is 0.668. The van der Waals surface area contributed by atoms with Crippen LogP contribution in [0.1, 0.15) is 24.1 Å². The highest BCUT2D eigenvalue weighted by Crippen LogP contribution is 2.24. The van der Waals surface area contributed by atoms with Gasteiger partial charge in [0, 0.05) is 5.56 Å². The van der Waals surface area contributed by atoms with Crippen molar-refractivity contribution in [2.24, 2.45) is 5.73 Å². The van der Waals surface area contributed by atoms with E-state index in [1.165, 1.54) is 0 Å². The van der Waals surface area contributed by atoms with Crippen molar-refractivity contribution in [3.63, 3.8) is 0 Å². The third-order valence-electron chi connectivity index (χ3n) is 2.21. The maximum atomic E-state index is 10.6. The number of aldehydes is 1. The lowest BCUT2D eigenvalue weighted by atomic mass is 10.0. The van der Waals surface area contributed by atoms with E-state index in [-0.39, 0.29) is 0 Å². The monoisotopic (exact) mass is 193 g/mol. The molecule has 0 aliphatic rings. The first-order chi connectivity index (χ1) is 6.72. The van der Waals surface area contributed by atoms with Crippen molar-refractivity contribution in [3.05, 3.63) is 29.3 Å². The van der Waals surface area contributed by atoms with Crippen molar-refractivity contribution in [1.82, 2.24) is 0 Å². The van der Waals surface area contributed by atoms with E-state index < -0.39 is 6.04 Å². The van der Waals surface area contributed by atoms with Gasteiger partial charge in [-0.1, -0.05) is 19.1 Å². The van der Waals surface area contributed by atoms with Crippen molar-refractivity contribution in [2.75, 3.05) is 7.11 Å². The fourth-order valence-corrected chi connectivity index (χ4v) is 1.34. The normalized spacial score (nSPS) is 12.2. The van der Waals surface area contributed by atoms with Crippen LogP contribution in [0.25, 0.3) is 0 Å². The van der Waals surface area contributed by atoms with E-state index in [1.807, 2.05) is 18.2 Å². The first-order valence-electron chi connectivity index (χ1n) is 4.60. The Labute approximate surface area is 83.9 Å². The van der Waals surface area contributed by atoms with Crippen LogP contribution in [0.3, 0.4) is 0 Å². The fourth-order valence-electron chi connectivity index (χ4n) is 1.34. The zero-order valence-corrected chi connectivity index (χ0v) is 8.49. The number of methoxy groups -OCH3 is 1. The van der Waals surface area contributed by atoms with Crippen LogP contribution in [-0.2, 0) is 11.2 Å². The van der Waals surface area contributed by atoms with Gasteiger partial charge in [0.25, 0.3) is 0 Å². The second-order valence-electron chi connectivity index (χ2n) is 3.09. The summed E-state index contributed by atoms with van der Waals surface area (Å²) >= 11 is 0. The number of hydrogen-bond acceptors (Lipinski definition) is 3. The molecule has 0 saturated heterocycles. The van der Waals surface area contributed by atoms with Crippen molar-refractivity contribution >= 4 is 6.29 Å². The second-order valence-corrected chi connectivity index (χ2v) is 3.09. The molecule has 2 N–H and O–H groups in total. The molecular formula is C11H15NO2. The van der Waals surface area contributed by atoms with E-state index >= 15 is 0 Å².